The van der Waals surface area contributed by atoms with Gasteiger partial charge >= 0.3 is 0 Å². The molecule has 1 atom stereocenters. The summed E-state index contributed by atoms with van der Waals surface area (Å²) < 4.78 is 26.7. The van der Waals surface area contributed by atoms with Gasteiger partial charge in [-0.3, -0.25) is 0 Å². The molecular formula is C13H24N2O3S. The van der Waals surface area contributed by atoms with Crippen LogP contribution in [0.3, 0.4) is 0 Å². The van der Waals surface area contributed by atoms with E-state index >= 15 is 0 Å². The molecule has 1 heterocycles. The summed E-state index contributed by atoms with van der Waals surface area (Å²) in [5, 5.41) is 8.92. The first-order chi connectivity index (χ1) is 9.03. The number of H-pyrrole nitrogens is 1. The van der Waals surface area contributed by atoms with Gasteiger partial charge in [0, 0.05) is 18.4 Å². The smallest absolute Gasteiger partial charge is 0.242 e. The van der Waals surface area contributed by atoms with Gasteiger partial charge < -0.3 is 10.1 Å². The van der Waals surface area contributed by atoms with Gasteiger partial charge in [-0.2, -0.15) is 0 Å². The molecule has 110 valence electrons. The zero-order chi connectivity index (χ0) is 14.3. The van der Waals surface area contributed by atoms with Crippen molar-refractivity contribution in [3.63, 3.8) is 0 Å². The zero-order valence-electron chi connectivity index (χ0n) is 11.6. The maximum absolute atomic E-state index is 12.0. The molecule has 1 aromatic rings. The number of hydrogen-bond acceptors (Lipinski definition) is 3. The van der Waals surface area contributed by atoms with Crippen LogP contribution in [0.2, 0.25) is 0 Å². The van der Waals surface area contributed by atoms with Crippen molar-refractivity contribution < 1.29 is 13.5 Å². The van der Waals surface area contributed by atoms with Gasteiger partial charge in [0.2, 0.25) is 10.0 Å². The Morgan fingerprint density at radius 1 is 1.42 bits per heavy atom. The Morgan fingerprint density at radius 3 is 2.68 bits per heavy atom. The van der Waals surface area contributed by atoms with Gasteiger partial charge in [0.05, 0.1) is 11.5 Å². The van der Waals surface area contributed by atoms with Crippen molar-refractivity contribution in [3.05, 3.63) is 18.0 Å². The highest BCUT2D eigenvalue weighted by atomic mass is 32.2. The molecule has 0 fully saturated rings. The first-order valence-corrected chi connectivity index (χ1v) is 8.29. The van der Waals surface area contributed by atoms with Crippen LogP contribution in [0.4, 0.5) is 0 Å². The maximum atomic E-state index is 12.0. The van der Waals surface area contributed by atoms with E-state index in [-0.39, 0.29) is 11.5 Å². The summed E-state index contributed by atoms with van der Waals surface area (Å²) in [7, 11) is -3.47. The maximum Gasteiger partial charge on any atom is 0.242 e. The fourth-order valence-corrected chi connectivity index (χ4v) is 3.05. The molecule has 5 nitrogen and oxygen atoms in total. The number of unbranched alkanes of at least 4 members (excludes halogenated alkanes) is 1. The number of aromatic amines is 1. The summed E-state index contributed by atoms with van der Waals surface area (Å²) in [5.41, 5.74) is 0.499. The lowest BCUT2D eigenvalue weighted by atomic mass is 10.00. The second-order valence-corrected chi connectivity index (χ2v) is 6.55. The molecule has 0 aliphatic heterocycles. The minimum absolute atomic E-state index is 0.182. The molecule has 1 aromatic heterocycles. The lowest BCUT2D eigenvalue weighted by Crippen LogP contribution is -2.29. The lowest BCUT2D eigenvalue weighted by Gasteiger charge is -2.14. The average Bonchev–Trinajstić information content (AvgIpc) is 2.88. The summed E-state index contributed by atoms with van der Waals surface area (Å²) >= 11 is 0. The molecule has 0 amide bonds. The molecule has 0 aromatic carbocycles. The molecule has 0 aliphatic rings. The molecule has 1 rings (SSSR count). The van der Waals surface area contributed by atoms with Crippen molar-refractivity contribution >= 4 is 10.0 Å². The highest BCUT2D eigenvalue weighted by Gasteiger charge is 2.17. The van der Waals surface area contributed by atoms with E-state index in [2.05, 4.69) is 23.6 Å². The average molecular weight is 288 g/mol. The standard InChI is InChI=1S/C13H24N2O3S/c1-3-5-6-11(4-2)8-15-19(17,18)13-7-12(10-16)14-9-13/h7,9,11,14-16H,3-6,8,10H2,1-2H3. The Hall–Kier alpha value is -0.850. The normalized spacial score (nSPS) is 13.6. The SMILES string of the molecule is CCCCC(CC)CNS(=O)(=O)c1c[nH]c(CO)c1. The monoisotopic (exact) mass is 288 g/mol. The first kappa shape index (κ1) is 16.2. The quantitative estimate of drug-likeness (QED) is 0.650. The summed E-state index contributed by atoms with van der Waals surface area (Å²) in [5.74, 6) is 0.381. The molecule has 0 radical (unpaired) electrons. The van der Waals surface area contributed by atoms with E-state index in [1.54, 1.807) is 0 Å². The molecule has 0 bridgehead atoms. The van der Waals surface area contributed by atoms with Gasteiger partial charge in [-0.1, -0.05) is 33.1 Å². The summed E-state index contributed by atoms with van der Waals surface area (Å²) in [4.78, 5) is 2.91. The van der Waals surface area contributed by atoms with Gasteiger partial charge in [-0.15, -0.1) is 0 Å². The summed E-state index contributed by atoms with van der Waals surface area (Å²) in [6, 6.07) is 1.45. The molecule has 0 spiro atoms. The molecule has 0 aliphatic carbocycles. The van der Waals surface area contributed by atoms with Gasteiger partial charge in [-0.05, 0) is 18.4 Å². The van der Waals surface area contributed by atoms with Crippen molar-refractivity contribution in [3.8, 4) is 0 Å². The second kappa shape index (κ2) is 7.67. The van der Waals surface area contributed by atoms with Crippen LogP contribution < -0.4 is 4.72 Å². The minimum Gasteiger partial charge on any atom is -0.390 e. The van der Waals surface area contributed by atoms with Crippen LogP contribution in [0.15, 0.2) is 17.2 Å². The Kier molecular flexibility index (Phi) is 6.54. The molecular weight excluding hydrogens is 264 g/mol. The largest absolute Gasteiger partial charge is 0.390 e. The predicted octanol–water partition coefficient (Wildman–Crippen LogP) is 2.00. The van der Waals surface area contributed by atoms with Crippen LogP contribution >= 0.6 is 0 Å². The molecule has 0 saturated carbocycles. The fourth-order valence-electron chi connectivity index (χ4n) is 1.92. The van der Waals surface area contributed by atoms with Crippen LogP contribution in [0.1, 0.15) is 45.2 Å². The van der Waals surface area contributed by atoms with Gasteiger partial charge in [0.1, 0.15) is 0 Å². The number of rotatable bonds is 9. The van der Waals surface area contributed by atoms with E-state index < -0.39 is 10.0 Å². The Morgan fingerprint density at radius 2 is 2.16 bits per heavy atom. The fraction of sp³-hybridized carbons (Fsp3) is 0.692. The highest BCUT2D eigenvalue weighted by Crippen LogP contribution is 2.14. The van der Waals surface area contributed by atoms with Gasteiger partial charge in [0.15, 0.2) is 0 Å². The van der Waals surface area contributed by atoms with E-state index in [4.69, 9.17) is 5.11 Å². The van der Waals surface area contributed by atoms with Gasteiger partial charge in [0.25, 0.3) is 0 Å². The van der Waals surface area contributed by atoms with Crippen LogP contribution in [0.5, 0.6) is 0 Å². The number of aliphatic hydroxyl groups is 1. The van der Waals surface area contributed by atoms with Crippen molar-refractivity contribution in [2.75, 3.05) is 6.54 Å². The number of aliphatic hydroxyl groups excluding tert-OH is 1. The van der Waals surface area contributed by atoms with E-state index in [9.17, 15) is 8.42 Å². The minimum atomic E-state index is -3.47. The van der Waals surface area contributed by atoms with Crippen LogP contribution in [-0.2, 0) is 16.6 Å². The second-order valence-electron chi connectivity index (χ2n) is 4.79. The number of sulfonamides is 1. The molecule has 1 unspecified atom stereocenters. The summed E-state index contributed by atoms with van der Waals surface area (Å²) in [6.45, 7) is 4.49. The third-order valence-electron chi connectivity index (χ3n) is 3.30. The molecule has 3 N–H and O–H groups in total. The van der Waals surface area contributed by atoms with Crippen LogP contribution in [0, 0.1) is 5.92 Å². The lowest BCUT2D eigenvalue weighted by molar-refractivity contribution is 0.277. The third kappa shape index (κ3) is 4.97. The molecule has 0 saturated heterocycles. The van der Waals surface area contributed by atoms with Crippen LogP contribution in [-0.4, -0.2) is 25.1 Å². The number of hydrogen-bond donors (Lipinski definition) is 3. The van der Waals surface area contributed by atoms with Crippen molar-refractivity contribution in [1.82, 2.24) is 9.71 Å². The van der Waals surface area contributed by atoms with Crippen molar-refractivity contribution in [2.24, 2.45) is 5.92 Å². The van der Waals surface area contributed by atoms with Crippen LogP contribution in [0.25, 0.3) is 0 Å². The Bertz CT molecular complexity index is 468. The first-order valence-electron chi connectivity index (χ1n) is 6.81. The van der Waals surface area contributed by atoms with Crippen molar-refractivity contribution in [2.45, 2.75) is 51.0 Å². The van der Waals surface area contributed by atoms with Gasteiger partial charge in [-0.25, -0.2) is 13.1 Å². The van der Waals surface area contributed by atoms with E-state index in [1.165, 1.54) is 12.3 Å². The summed E-state index contributed by atoms with van der Waals surface area (Å²) in [6.07, 6.45) is 5.67. The van der Waals surface area contributed by atoms with E-state index in [1.807, 2.05) is 0 Å². The molecule has 6 heteroatoms. The highest BCUT2D eigenvalue weighted by molar-refractivity contribution is 7.89. The zero-order valence-corrected chi connectivity index (χ0v) is 12.5. The van der Waals surface area contributed by atoms with E-state index in [0.717, 1.165) is 25.7 Å². The topological polar surface area (TPSA) is 82.2 Å². The Balaban J connectivity index is 2.59. The van der Waals surface area contributed by atoms with Crippen molar-refractivity contribution in [1.29, 1.82) is 0 Å². The predicted molar refractivity (Wildman–Crippen MR) is 75.2 cm³/mol. The number of nitrogens with one attached hydrogen (secondary N) is 2. The number of aromatic nitrogens is 1. The van der Waals surface area contributed by atoms with E-state index in [0.29, 0.717) is 18.2 Å². The third-order valence-corrected chi connectivity index (χ3v) is 4.71. The Labute approximate surface area is 115 Å². The molecule has 19 heavy (non-hydrogen) atoms.